The highest BCUT2D eigenvalue weighted by Gasteiger charge is 2.38. The topological polar surface area (TPSA) is 68.2 Å². The van der Waals surface area contributed by atoms with Gasteiger partial charge in [0.1, 0.15) is 0 Å². The molecule has 5 nitrogen and oxygen atoms in total. The Hall–Kier alpha value is -3.20. The van der Waals surface area contributed by atoms with Crippen molar-refractivity contribution in [1.82, 2.24) is 15.5 Å². The largest absolute Gasteiger partial charge is 0.325 e. The Morgan fingerprint density at radius 1 is 1.05 bits per heavy atom. The first-order chi connectivity index (χ1) is 18.6. The lowest BCUT2D eigenvalue weighted by Crippen LogP contribution is -2.54. The van der Waals surface area contributed by atoms with E-state index < -0.39 is 0 Å². The van der Waals surface area contributed by atoms with E-state index in [1.807, 2.05) is 70.2 Å². The van der Waals surface area contributed by atoms with Gasteiger partial charge in [-0.15, -0.1) is 0 Å². The molecular weight excluding hydrogens is 468 g/mol. The van der Waals surface area contributed by atoms with Crippen molar-refractivity contribution in [2.75, 3.05) is 19.6 Å². The summed E-state index contributed by atoms with van der Waals surface area (Å²) in [6.45, 7) is 10.2. The maximum Gasteiger partial charge on any atom is 0.238 e. The molecule has 2 fully saturated rings. The molecule has 2 N–H and O–H groups in total. The molecule has 2 aromatic carbocycles. The second-order valence-corrected chi connectivity index (χ2v) is 9.97. The Labute approximate surface area is 229 Å². The van der Waals surface area contributed by atoms with E-state index in [1.165, 1.54) is 31.2 Å². The fraction of sp³-hybridized carbons (Fsp3) is 0.455. The number of allylic oxidation sites excluding steroid dienone is 3. The van der Waals surface area contributed by atoms with Gasteiger partial charge in [0.2, 0.25) is 5.91 Å². The molecule has 1 saturated heterocycles. The highest BCUT2D eigenvalue weighted by molar-refractivity contribution is 5.80. The van der Waals surface area contributed by atoms with Gasteiger partial charge in [-0.05, 0) is 74.4 Å². The van der Waals surface area contributed by atoms with Crippen LogP contribution in [0, 0.1) is 11.3 Å². The zero-order valence-corrected chi connectivity index (χ0v) is 23.6. The minimum atomic E-state index is -0.240. The van der Waals surface area contributed by atoms with Crippen LogP contribution in [0.25, 0.3) is 11.1 Å². The number of rotatable bonds is 8. The highest BCUT2D eigenvalue weighted by Crippen LogP contribution is 2.37. The number of benzene rings is 2. The Bertz CT molecular complexity index is 1130. The van der Waals surface area contributed by atoms with Crippen LogP contribution in [0.4, 0.5) is 0 Å². The number of hydrogen-bond donors (Lipinski definition) is 2. The van der Waals surface area contributed by atoms with E-state index in [-0.39, 0.29) is 18.0 Å². The van der Waals surface area contributed by atoms with Gasteiger partial charge in [-0.1, -0.05) is 75.2 Å². The standard InChI is InChI=1S/C31H38N4O.C2H6/c1-3-8-28(4-2)34-30(36)23-33-31(17-19-35(20-18-31)29-11-5-6-12-29)27-15-13-25(14-16-27)26-10-7-9-24(21-26)22-32;1-2/h3-4,7-10,13-16,21,29,33H,5-6,11-12,17-20,23H2,1-2H3,(H,34,36);1-2H3/b8-3-,28-4+;. The lowest BCUT2D eigenvalue weighted by Gasteiger charge is -2.45. The Kier molecular flexibility index (Phi) is 11.3. The number of carbonyl (C=O) groups is 1. The number of nitrogens with one attached hydrogen (secondary N) is 2. The summed E-state index contributed by atoms with van der Waals surface area (Å²) in [5, 5.41) is 15.9. The molecule has 4 rings (SSSR count). The van der Waals surface area contributed by atoms with Gasteiger partial charge in [-0.2, -0.15) is 5.26 Å². The molecule has 1 amide bonds. The van der Waals surface area contributed by atoms with E-state index in [1.54, 1.807) is 0 Å². The van der Waals surface area contributed by atoms with E-state index in [0.29, 0.717) is 5.56 Å². The minimum absolute atomic E-state index is 0.0243. The van der Waals surface area contributed by atoms with Crippen LogP contribution in [-0.4, -0.2) is 36.5 Å². The molecule has 38 heavy (non-hydrogen) atoms. The molecule has 0 aromatic heterocycles. The minimum Gasteiger partial charge on any atom is -0.325 e. The molecule has 0 bridgehead atoms. The average Bonchev–Trinajstić information content (AvgIpc) is 3.52. The van der Waals surface area contributed by atoms with Crippen molar-refractivity contribution >= 4 is 5.91 Å². The van der Waals surface area contributed by atoms with Gasteiger partial charge < -0.3 is 10.2 Å². The van der Waals surface area contributed by atoms with Crippen LogP contribution < -0.4 is 10.6 Å². The summed E-state index contributed by atoms with van der Waals surface area (Å²) >= 11 is 0. The number of nitrogens with zero attached hydrogens (tertiary/aromatic N) is 2. The van der Waals surface area contributed by atoms with E-state index in [0.717, 1.165) is 48.8 Å². The van der Waals surface area contributed by atoms with Crippen LogP contribution in [-0.2, 0) is 10.3 Å². The maximum absolute atomic E-state index is 12.8. The van der Waals surface area contributed by atoms with Gasteiger partial charge >= 0.3 is 0 Å². The van der Waals surface area contributed by atoms with Crippen LogP contribution in [0.3, 0.4) is 0 Å². The first-order valence-electron chi connectivity index (χ1n) is 14.3. The summed E-state index contributed by atoms with van der Waals surface area (Å²) in [6, 6.07) is 19.3. The van der Waals surface area contributed by atoms with Crippen LogP contribution in [0.1, 0.15) is 77.3 Å². The molecule has 1 saturated carbocycles. The second-order valence-electron chi connectivity index (χ2n) is 9.97. The van der Waals surface area contributed by atoms with Gasteiger partial charge in [0.05, 0.1) is 18.2 Å². The lowest BCUT2D eigenvalue weighted by molar-refractivity contribution is -0.120. The molecule has 2 aliphatic rings. The summed E-state index contributed by atoms with van der Waals surface area (Å²) in [7, 11) is 0. The van der Waals surface area contributed by atoms with Gasteiger partial charge in [-0.3, -0.25) is 10.1 Å². The summed E-state index contributed by atoms with van der Waals surface area (Å²) in [5.74, 6) is -0.0243. The summed E-state index contributed by atoms with van der Waals surface area (Å²) in [6.07, 6.45) is 13.0. The molecule has 0 spiro atoms. The van der Waals surface area contributed by atoms with E-state index in [2.05, 4.69) is 45.9 Å². The van der Waals surface area contributed by atoms with Crippen molar-refractivity contribution < 1.29 is 4.79 Å². The van der Waals surface area contributed by atoms with Gasteiger partial charge in [0.15, 0.2) is 0 Å². The predicted molar refractivity (Wildman–Crippen MR) is 157 cm³/mol. The van der Waals surface area contributed by atoms with Crippen molar-refractivity contribution in [1.29, 1.82) is 5.26 Å². The number of likely N-dealkylation sites (tertiary alicyclic amines) is 1. The van der Waals surface area contributed by atoms with E-state index in [9.17, 15) is 10.1 Å². The number of amides is 1. The van der Waals surface area contributed by atoms with Crippen molar-refractivity contribution in [2.24, 2.45) is 0 Å². The number of carbonyl (C=O) groups excluding carboxylic acids is 1. The third-order valence-corrected chi connectivity index (χ3v) is 7.78. The number of piperidine rings is 1. The van der Waals surface area contributed by atoms with Crippen molar-refractivity contribution in [3.05, 3.63) is 83.6 Å². The Balaban J connectivity index is 0.00000195. The first kappa shape index (κ1) is 29.4. The molecular formula is C33H44N4O. The molecule has 1 aliphatic carbocycles. The Morgan fingerprint density at radius 3 is 2.34 bits per heavy atom. The summed E-state index contributed by atoms with van der Waals surface area (Å²) in [5.41, 5.74) is 4.60. The van der Waals surface area contributed by atoms with Gasteiger partial charge in [0, 0.05) is 30.4 Å². The number of nitriles is 1. The van der Waals surface area contributed by atoms with Crippen molar-refractivity contribution in [3.8, 4) is 17.2 Å². The normalized spacial score (nSPS) is 18.0. The highest BCUT2D eigenvalue weighted by atomic mass is 16.1. The molecule has 202 valence electrons. The molecule has 0 atom stereocenters. The smallest absolute Gasteiger partial charge is 0.238 e. The average molecular weight is 513 g/mol. The molecule has 0 radical (unpaired) electrons. The summed E-state index contributed by atoms with van der Waals surface area (Å²) in [4.78, 5) is 15.5. The van der Waals surface area contributed by atoms with Gasteiger partial charge in [0.25, 0.3) is 0 Å². The first-order valence-corrected chi connectivity index (χ1v) is 14.3. The quantitative estimate of drug-likeness (QED) is 0.388. The Morgan fingerprint density at radius 2 is 1.74 bits per heavy atom. The lowest BCUT2D eigenvalue weighted by atomic mass is 9.79. The van der Waals surface area contributed by atoms with Crippen LogP contribution in [0.5, 0.6) is 0 Å². The maximum atomic E-state index is 12.8. The van der Waals surface area contributed by atoms with Crippen LogP contribution in [0.15, 0.2) is 72.5 Å². The second kappa shape index (κ2) is 14.7. The van der Waals surface area contributed by atoms with Crippen molar-refractivity contribution in [3.63, 3.8) is 0 Å². The molecule has 1 heterocycles. The van der Waals surface area contributed by atoms with E-state index >= 15 is 0 Å². The van der Waals surface area contributed by atoms with Gasteiger partial charge in [-0.25, -0.2) is 0 Å². The zero-order valence-electron chi connectivity index (χ0n) is 23.6. The fourth-order valence-electron chi connectivity index (χ4n) is 5.70. The monoisotopic (exact) mass is 512 g/mol. The molecule has 5 heteroatoms. The third-order valence-electron chi connectivity index (χ3n) is 7.78. The number of hydrogen-bond acceptors (Lipinski definition) is 4. The fourth-order valence-corrected chi connectivity index (χ4v) is 5.70. The van der Waals surface area contributed by atoms with E-state index in [4.69, 9.17) is 0 Å². The molecule has 0 unspecified atom stereocenters. The summed E-state index contributed by atoms with van der Waals surface area (Å²) < 4.78 is 0. The van der Waals surface area contributed by atoms with Crippen molar-refractivity contribution in [2.45, 2.75) is 77.8 Å². The van der Waals surface area contributed by atoms with Crippen LogP contribution in [0.2, 0.25) is 0 Å². The molecule has 2 aromatic rings. The zero-order chi connectivity index (χ0) is 27.4. The van der Waals surface area contributed by atoms with Crippen LogP contribution >= 0.6 is 0 Å². The predicted octanol–water partition coefficient (Wildman–Crippen LogP) is 6.67. The third kappa shape index (κ3) is 7.43. The molecule has 1 aliphatic heterocycles. The SMILES string of the molecule is C/C=C\C(=C/C)NC(=O)CNC1(c2ccc(-c3cccc(C#N)c3)cc2)CCN(C2CCCC2)CC1.CC.